The Morgan fingerprint density at radius 1 is 1.07 bits per heavy atom. The smallest absolute Gasteiger partial charge is 0.283 e. The Bertz CT molecular complexity index is 891. The molecule has 3 heterocycles. The van der Waals surface area contributed by atoms with Gasteiger partial charge in [-0.2, -0.15) is 4.31 Å². The average Bonchev–Trinajstić information content (AvgIpc) is 3.40. The van der Waals surface area contributed by atoms with Gasteiger partial charge in [0.15, 0.2) is 5.76 Å². The van der Waals surface area contributed by atoms with Crippen molar-refractivity contribution in [1.82, 2.24) is 19.4 Å². The third-order valence-electron chi connectivity index (χ3n) is 5.49. The number of hydrogen-bond donors (Lipinski definition) is 0. The van der Waals surface area contributed by atoms with E-state index in [4.69, 9.17) is 8.83 Å². The molecule has 0 N–H and O–H groups in total. The van der Waals surface area contributed by atoms with Crippen LogP contribution in [-0.4, -0.2) is 60.5 Å². The SMILES string of the molecule is CC(C)CN1CCN(S(=O)(=O)c2ccc(-c3nnc(C4CCCC4)o3)o2)CC1. The summed E-state index contributed by atoms with van der Waals surface area (Å²) >= 11 is 0. The van der Waals surface area contributed by atoms with Gasteiger partial charge in [0.25, 0.3) is 15.9 Å². The summed E-state index contributed by atoms with van der Waals surface area (Å²) in [4.78, 5) is 2.30. The fourth-order valence-electron chi connectivity index (χ4n) is 4.04. The first-order valence-electron chi connectivity index (χ1n) is 10.1. The van der Waals surface area contributed by atoms with Crippen LogP contribution in [0.15, 0.2) is 26.1 Å². The van der Waals surface area contributed by atoms with Crippen LogP contribution in [0.1, 0.15) is 51.3 Å². The molecule has 154 valence electrons. The second-order valence-electron chi connectivity index (χ2n) is 8.14. The molecule has 0 bridgehead atoms. The summed E-state index contributed by atoms with van der Waals surface area (Å²) in [6, 6.07) is 3.07. The molecule has 2 fully saturated rings. The molecule has 9 heteroatoms. The zero-order chi connectivity index (χ0) is 19.7. The Labute approximate surface area is 165 Å². The van der Waals surface area contributed by atoms with Crippen LogP contribution in [0, 0.1) is 5.92 Å². The normalized spacial score (nSPS) is 20.4. The second kappa shape index (κ2) is 7.96. The van der Waals surface area contributed by atoms with Gasteiger partial charge in [0.2, 0.25) is 11.0 Å². The van der Waals surface area contributed by atoms with Crippen molar-refractivity contribution in [2.24, 2.45) is 5.92 Å². The summed E-state index contributed by atoms with van der Waals surface area (Å²) in [6.07, 6.45) is 4.47. The highest BCUT2D eigenvalue weighted by molar-refractivity contribution is 7.89. The molecular formula is C19H28N4O4S. The molecule has 2 aliphatic rings. The van der Waals surface area contributed by atoms with Gasteiger partial charge in [-0.3, -0.25) is 0 Å². The van der Waals surface area contributed by atoms with E-state index in [0.29, 0.717) is 36.6 Å². The number of furan rings is 1. The summed E-state index contributed by atoms with van der Waals surface area (Å²) in [7, 11) is -3.66. The first-order valence-corrected chi connectivity index (χ1v) is 11.5. The predicted octanol–water partition coefficient (Wildman–Crippen LogP) is 2.95. The summed E-state index contributed by atoms with van der Waals surface area (Å²) in [5.74, 6) is 2.04. The van der Waals surface area contributed by atoms with Gasteiger partial charge in [-0.05, 0) is 30.9 Å². The topological polar surface area (TPSA) is 92.7 Å². The van der Waals surface area contributed by atoms with E-state index >= 15 is 0 Å². The van der Waals surface area contributed by atoms with Crippen molar-refractivity contribution in [3.63, 3.8) is 0 Å². The number of hydrogen-bond acceptors (Lipinski definition) is 7. The number of sulfonamides is 1. The zero-order valence-electron chi connectivity index (χ0n) is 16.5. The van der Waals surface area contributed by atoms with Crippen LogP contribution in [0.25, 0.3) is 11.7 Å². The second-order valence-corrected chi connectivity index (χ2v) is 10.0. The highest BCUT2D eigenvalue weighted by Gasteiger charge is 2.32. The summed E-state index contributed by atoms with van der Waals surface area (Å²) in [6.45, 7) is 7.74. The van der Waals surface area contributed by atoms with E-state index in [9.17, 15) is 8.42 Å². The number of aromatic nitrogens is 2. The van der Waals surface area contributed by atoms with Gasteiger partial charge in [0, 0.05) is 38.6 Å². The molecule has 0 radical (unpaired) electrons. The van der Waals surface area contributed by atoms with E-state index in [1.807, 2.05) is 0 Å². The molecule has 1 saturated heterocycles. The lowest BCUT2D eigenvalue weighted by Crippen LogP contribution is -2.49. The van der Waals surface area contributed by atoms with Gasteiger partial charge in [-0.25, -0.2) is 8.42 Å². The van der Waals surface area contributed by atoms with E-state index < -0.39 is 10.0 Å². The van der Waals surface area contributed by atoms with Crippen molar-refractivity contribution in [2.75, 3.05) is 32.7 Å². The van der Waals surface area contributed by atoms with Crippen LogP contribution in [-0.2, 0) is 10.0 Å². The quantitative estimate of drug-likeness (QED) is 0.725. The Morgan fingerprint density at radius 2 is 1.79 bits per heavy atom. The first-order chi connectivity index (χ1) is 13.4. The van der Waals surface area contributed by atoms with E-state index in [1.165, 1.54) is 23.2 Å². The molecule has 1 aliphatic heterocycles. The first kappa shape index (κ1) is 19.6. The standard InChI is InChI=1S/C19H28N4O4S/c1-14(2)13-22-9-11-23(12-10-22)28(24,25)17-8-7-16(26-17)19-21-20-18(27-19)15-5-3-4-6-15/h7-8,14-15H,3-6,9-13H2,1-2H3. The molecule has 28 heavy (non-hydrogen) atoms. The lowest BCUT2D eigenvalue weighted by atomic mass is 10.1. The third kappa shape index (κ3) is 4.01. The molecule has 8 nitrogen and oxygen atoms in total. The number of piperazine rings is 1. The summed E-state index contributed by atoms with van der Waals surface area (Å²) in [5, 5.41) is 8.11. The largest absolute Gasteiger partial charge is 0.438 e. The Morgan fingerprint density at radius 3 is 2.46 bits per heavy atom. The molecule has 0 unspecified atom stereocenters. The van der Waals surface area contributed by atoms with Crippen molar-refractivity contribution < 1.29 is 17.3 Å². The van der Waals surface area contributed by atoms with Crippen LogP contribution in [0.3, 0.4) is 0 Å². The fourth-order valence-corrected chi connectivity index (χ4v) is 5.38. The Hall–Kier alpha value is -1.71. The van der Waals surface area contributed by atoms with Gasteiger partial charge in [0.05, 0.1) is 0 Å². The summed E-state index contributed by atoms with van der Waals surface area (Å²) in [5.41, 5.74) is 0. The Kier molecular flexibility index (Phi) is 5.57. The van der Waals surface area contributed by atoms with Crippen LogP contribution in [0.4, 0.5) is 0 Å². The maximum absolute atomic E-state index is 12.9. The molecule has 1 aliphatic carbocycles. The van der Waals surface area contributed by atoms with Gasteiger partial charge >= 0.3 is 0 Å². The molecule has 1 saturated carbocycles. The van der Waals surface area contributed by atoms with E-state index in [0.717, 1.165) is 32.5 Å². The van der Waals surface area contributed by atoms with Crippen molar-refractivity contribution in [3.8, 4) is 11.7 Å². The molecule has 2 aromatic rings. The van der Waals surface area contributed by atoms with Gasteiger partial charge in [-0.1, -0.05) is 26.7 Å². The maximum atomic E-state index is 12.9. The van der Waals surface area contributed by atoms with Crippen LogP contribution >= 0.6 is 0 Å². The molecular weight excluding hydrogens is 380 g/mol. The minimum atomic E-state index is -3.66. The van der Waals surface area contributed by atoms with E-state index in [2.05, 4.69) is 28.9 Å². The van der Waals surface area contributed by atoms with E-state index in [1.54, 1.807) is 6.07 Å². The lowest BCUT2D eigenvalue weighted by Gasteiger charge is -2.34. The lowest BCUT2D eigenvalue weighted by molar-refractivity contribution is 0.171. The average molecular weight is 409 g/mol. The van der Waals surface area contributed by atoms with Gasteiger partial charge in [-0.15, -0.1) is 10.2 Å². The predicted molar refractivity (Wildman–Crippen MR) is 103 cm³/mol. The monoisotopic (exact) mass is 408 g/mol. The highest BCUT2D eigenvalue weighted by atomic mass is 32.2. The van der Waals surface area contributed by atoms with Crippen molar-refractivity contribution >= 4 is 10.0 Å². The van der Waals surface area contributed by atoms with Crippen LogP contribution < -0.4 is 0 Å². The maximum Gasteiger partial charge on any atom is 0.283 e. The van der Waals surface area contributed by atoms with Crippen LogP contribution in [0.5, 0.6) is 0 Å². The minimum absolute atomic E-state index is 0.0691. The molecule has 0 aromatic carbocycles. The number of nitrogens with zero attached hydrogens (tertiary/aromatic N) is 4. The molecule has 0 atom stereocenters. The van der Waals surface area contributed by atoms with Crippen molar-refractivity contribution in [2.45, 2.75) is 50.5 Å². The molecule has 4 rings (SSSR count). The van der Waals surface area contributed by atoms with Gasteiger partial charge < -0.3 is 13.7 Å². The number of rotatable bonds is 6. The van der Waals surface area contributed by atoms with Gasteiger partial charge in [0.1, 0.15) is 0 Å². The summed E-state index contributed by atoms with van der Waals surface area (Å²) < 4.78 is 38.7. The van der Waals surface area contributed by atoms with Crippen molar-refractivity contribution in [3.05, 3.63) is 18.0 Å². The third-order valence-corrected chi connectivity index (χ3v) is 7.26. The zero-order valence-corrected chi connectivity index (χ0v) is 17.3. The van der Waals surface area contributed by atoms with E-state index in [-0.39, 0.29) is 11.0 Å². The van der Waals surface area contributed by atoms with Crippen molar-refractivity contribution in [1.29, 1.82) is 0 Å². The molecule has 2 aromatic heterocycles. The highest BCUT2D eigenvalue weighted by Crippen LogP contribution is 2.35. The molecule has 0 amide bonds. The minimum Gasteiger partial charge on any atom is -0.438 e. The van der Waals surface area contributed by atoms with Crippen LogP contribution in [0.2, 0.25) is 0 Å². The fraction of sp³-hybridized carbons (Fsp3) is 0.684. The Balaban J connectivity index is 1.45. The molecule has 0 spiro atoms.